The van der Waals surface area contributed by atoms with Crippen molar-refractivity contribution in [3.8, 4) is 23.7 Å². The third kappa shape index (κ3) is 5.30. The van der Waals surface area contributed by atoms with Crippen LogP contribution < -0.4 is 0 Å². The summed E-state index contributed by atoms with van der Waals surface area (Å²) in [4.78, 5) is 0. The molecule has 0 saturated carbocycles. The molecule has 0 aliphatic heterocycles. The number of rotatable bonds is 0. The van der Waals surface area contributed by atoms with Crippen molar-refractivity contribution in [1.82, 2.24) is 0 Å². The predicted octanol–water partition coefficient (Wildman–Crippen LogP) is 6.86. The summed E-state index contributed by atoms with van der Waals surface area (Å²) in [6.07, 6.45) is 8.30. The zero-order valence-corrected chi connectivity index (χ0v) is 20.7. The third-order valence-corrected chi connectivity index (χ3v) is 7.62. The Morgan fingerprint density at radius 2 is 0.639 bits per heavy atom. The Kier molecular flexibility index (Phi) is 6.44. The van der Waals surface area contributed by atoms with Crippen molar-refractivity contribution in [1.29, 1.82) is 0 Å². The van der Waals surface area contributed by atoms with Gasteiger partial charge in [-0.2, -0.15) is 0 Å². The second-order valence-corrected chi connectivity index (χ2v) is 10.1. The van der Waals surface area contributed by atoms with Gasteiger partial charge in [0.05, 0.1) is 0 Å². The molecule has 8 aliphatic carbocycles. The number of aryl methyl sites for hydroxylation is 8. The third-order valence-electron chi connectivity index (χ3n) is 7.62. The molecule has 12 rings (SSSR count). The predicted molar refractivity (Wildman–Crippen MR) is 149 cm³/mol. The monoisotopic (exact) mass is 462 g/mol. The topological polar surface area (TPSA) is 0 Å². The molecule has 0 spiro atoms. The highest BCUT2D eigenvalue weighted by atomic mass is 14.1. The van der Waals surface area contributed by atoms with E-state index in [4.69, 9.17) is 0 Å². The minimum atomic E-state index is 1.00. The molecule has 0 nitrogen and oxygen atoms in total. The molecule has 0 N–H and O–H groups in total. The molecule has 0 aromatic heterocycles. The summed E-state index contributed by atoms with van der Waals surface area (Å²) in [6, 6.07) is 31.9. The molecule has 4 aromatic rings. The zero-order chi connectivity index (χ0) is 24.2. The van der Waals surface area contributed by atoms with Crippen LogP contribution in [0.4, 0.5) is 0 Å². The van der Waals surface area contributed by atoms with Gasteiger partial charge in [-0.3, -0.25) is 0 Å². The molecule has 0 atom stereocenters. The van der Waals surface area contributed by atoms with E-state index in [1.54, 1.807) is 0 Å². The lowest BCUT2D eigenvalue weighted by atomic mass is 9.93. The molecule has 36 heavy (non-hydrogen) atoms. The average molecular weight is 463 g/mol. The lowest BCUT2D eigenvalue weighted by molar-refractivity contribution is 0.918. The standard InChI is InChI=1S/C36H30/c1(3-35-25-31-15-13-27-5-9-29(10-6-27)17-21-33(35)23-19-31)2-4-36-26-32-16-14-28-7-11-30(12-8-28)18-22-34(36)24-20-32/h5-12,19-20,23-26H,13-18,21-22H2. The van der Waals surface area contributed by atoms with E-state index >= 15 is 0 Å². The molecule has 0 saturated heterocycles. The molecule has 4 aromatic carbocycles. The van der Waals surface area contributed by atoms with E-state index in [1.807, 2.05) is 0 Å². The summed E-state index contributed by atoms with van der Waals surface area (Å²) in [5, 5.41) is 0. The molecule has 0 fully saturated rings. The van der Waals surface area contributed by atoms with Gasteiger partial charge in [-0.05, 0) is 120 Å². The number of hydrogen-bond acceptors (Lipinski definition) is 0. The molecule has 0 amide bonds. The molecular weight excluding hydrogens is 432 g/mol. The van der Waals surface area contributed by atoms with Gasteiger partial charge in [0.1, 0.15) is 0 Å². The molecule has 0 radical (unpaired) electrons. The fourth-order valence-corrected chi connectivity index (χ4v) is 5.30. The summed E-state index contributed by atoms with van der Waals surface area (Å²) in [7, 11) is 0. The van der Waals surface area contributed by atoms with Gasteiger partial charge in [0, 0.05) is 11.1 Å². The van der Waals surface area contributed by atoms with Crippen LogP contribution in [0.25, 0.3) is 0 Å². The first kappa shape index (κ1) is 22.5. The van der Waals surface area contributed by atoms with Gasteiger partial charge in [0.15, 0.2) is 0 Å². The molecule has 0 heterocycles. The quantitative estimate of drug-likeness (QED) is 0.251. The van der Waals surface area contributed by atoms with Crippen LogP contribution in [0, 0.1) is 23.7 Å². The fourth-order valence-electron chi connectivity index (χ4n) is 5.30. The Hall–Kier alpha value is -4.00. The van der Waals surface area contributed by atoms with Crippen LogP contribution in [0.5, 0.6) is 0 Å². The Balaban J connectivity index is 1.26. The van der Waals surface area contributed by atoms with Crippen LogP contribution in [0.1, 0.15) is 55.6 Å². The fraction of sp³-hybridized carbons (Fsp3) is 0.222. The maximum absolute atomic E-state index is 3.41. The molecule has 0 heteroatoms. The molecule has 0 unspecified atom stereocenters. The van der Waals surface area contributed by atoms with E-state index in [9.17, 15) is 0 Å². The van der Waals surface area contributed by atoms with E-state index < -0.39 is 0 Å². The van der Waals surface area contributed by atoms with Crippen molar-refractivity contribution >= 4 is 0 Å². The van der Waals surface area contributed by atoms with Gasteiger partial charge in [0.25, 0.3) is 0 Å². The van der Waals surface area contributed by atoms with Gasteiger partial charge in [-0.15, -0.1) is 0 Å². The van der Waals surface area contributed by atoms with E-state index in [0.29, 0.717) is 0 Å². The second-order valence-electron chi connectivity index (χ2n) is 10.1. The van der Waals surface area contributed by atoms with Gasteiger partial charge in [-0.1, -0.05) is 84.6 Å². The van der Waals surface area contributed by atoms with Gasteiger partial charge in [-0.25, -0.2) is 0 Å². The number of hydrogen-bond donors (Lipinski definition) is 0. The Morgan fingerprint density at radius 3 is 1.03 bits per heavy atom. The van der Waals surface area contributed by atoms with Crippen LogP contribution in [0.3, 0.4) is 0 Å². The molecular formula is C36H30. The largest absolute Gasteiger partial charge is 0.0588 e. The highest BCUT2D eigenvalue weighted by Gasteiger charge is 2.08. The van der Waals surface area contributed by atoms with Crippen molar-refractivity contribution < 1.29 is 0 Å². The molecule has 8 bridgehead atoms. The van der Waals surface area contributed by atoms with Crippen LogP contribution in [0.2, 0.25) is 0 Å². The second kappa shape index (κ2) is 10.3. The van der Waals surface area contributed by atoms with Crippen LogP contribution in [-0.2, 0) is 51.4 Å². The van der Waals surface area contributed by atoms with E-state index in [2.05, 4.69) is 109 Å². The Bertz CT molecular complexity index is 1390. The highest BCUT2D eigenvalue weighted by Crippen LogP contribution is 2.20. The first-order chi connectivity index (χ1) is 17.8. The van der Waals surface area contributed by atoms with Crippen LogP contribution in [-0.4, -0.2) is 0 Å². The van der Waals surface area contributed by atoms with E-state index in [1.165, 1.54) is 44.5 Å². The van der Waals surface area contributed by atoms with Crippen LogP contribution in [0.15, 0.2) is 84.9 Å². The number of benzene rings is 4. The zero-order valence-electron chi connectivity index (χ0n) is 20.7. The Morgan fingerprint density at radius 1 is 0.333 bits per heavy atom. The smallest absolute Gasteiger partial charge is 0.0290 e. The van der Waals surface area contributed by atoms with Gasteiger partial charge < -0.3 is 0 Å². The van der Waals surface area contributed by atoms with Crippen molar-refractivity contribution in [3.63, 3.8) is 0 Å². The summed E-state index contributed by atoms with van der Waals surface area (Å²) in [6.45, 7) is 0. The van der Waals surface area contributed by atoms with E-state index in [0.717, 1.165) is 62.5 Å². The first-order valence-electron chi connectivity index (χ1n) is 13.2. The summed E-state index contributed by atoms with van der Waals surface area (Å²) >= 11 is 0. The SMILES string of the molecule is C(C#Cc1cc2ccc1CCc1ccc(cc1)CC2)#Cc1cc2ccc1CCc1ccc(cc1)CC2. The van der Waals surface area contributed by atoms with Gasteiger partial charge in [0.2, 0.25) is 0 Å². The lowest BCUT2D eigenvalue weighted by Crippen LogP contribution is -2.00. The molecule has 8 aliphatic rings. The minimum absolute atomic E-state index is 1.00. The van der Waals surface area contributed by atoms with Crippen molar-refractivity contribution in [2.45, 2.75) is 51.4 Å². The van der Waals surface area contributed by atoms with Crippen molar-refractivity contribution in [2.24, 2.45) is 0 Å². The average Bonchev–Trinajstić information content (AvgIpc) is 2.90. The summed E-state index contributed by atoms with van der Waals surface area (Å²) in [5.74, 6) is 13.2. The van der Waals surface area contributed by atoms with E-state index in [-0.39, 0.29) is 0 Å². The van der Waals surface area contributed by atoms with Crippen molar-refractivity contribution in [3.05, 3.63) is 141 Å². The minimum Gasteiger partial charge on any atom is -0.0588 e. The first-order valence-corrected chi connectivity index (χ1v) is 13.2. The summed E-state index contributed by atoms with van der Waals surface area (Å²) < 4.78 is 0. The highest BCUT2D eigenvalue weighted by molar-refractivity contribution is 5.51. The van der Waals surface area contributed by atoms with Crippen LogP contribution >= 0.6 is 0 Å². The van der Waals surface area contributed by atoms with Crippen molar-refractivity contribution in [2.75, 3.05) is 0 Å². The van der Waals surface area contributed by atoms with Gasteiger partial charge >= 0.3 is 0 Å². The maximum atomic E-state index is 3.41. The maximum Gasteiger partial charge on any atom is 0.0290 e. The molecule has 174 valence electrons. The normalized spacial score (nSPS) is 13.9. The Labute approximate surface area is 215 Å². The lowest BCUT2D eigenvalue weighted by Gasteiger charge is -2.11. The summed E-state index contributed by atoms with van der Waals surface area (Å²) in [5.41, 5.74) is 13.2.